The van der Waals surface area contributed by atoms with Gasteiger partial charge < -0.3 is 15.0 Å². The first kappa shape index (κ1) is 18.4. The summed E-state index contributed by atoms with van der Waals surface area (Å²) in [6, 6.07) is 15.3. The number of ether oxygens (including phenoxy) is 1. The maximum Gasteiger partial charge on any atom is 0.317 e. The van der Waals surface area contributed by atoms with Crippen LogP contribution in [-0.2, 0) is 6.54 Å². The zero-order valence-corrected chi connectivity index (χ0v) is 15.7. The number of urea groups is 1. The second-order valence-electron chi connectivity index (χ2n) is 6.19. The Balaban J connectivity index is 1.62. The summed E-state index contributed by atoms with van der Waals surface area (Å²) in [7, 11) is 3.41. The molecule has 0 bridgehead atoms. The van der Waals surface area contributed by atoms with Gasteiger partial charge in [-0.1, -0.05) is 30.3 Å². The number of hydrogen-bond donors (Lipinski definition) is 1. The molecule has 1 atom stereocenters. The number of methoxy groups -OCH3 is 1. The predicted molar refractivity (Wildman–Crippen MR) is 103 cm³/mol. The standard InChI is InChI=1S/C20H23N5O2/c1-15(16-8-10-18(11-9-16)25-14-21-13-23-25)24(2)20(26)22-12-17-6-4-5-7-19(17)27-3/h4-11,13-15H,12H2,1-3H3,(H,22,26). The minimum atomic E-state index is -0.145. The second kappa shape index (κ2) is 8.35. The smallest absolute Gasteiger partial charge is 0.317 e. The van der Waals surface area contributed by atoms with Crippen molar-refractivity contribution >= 4 is 6.03 Å². The van der Waals surface area contributed by atoms with Crippen LogP contribution in [0, 0.1) is 0 Å². The van der Waals surface area contributed by atoms with E-state index in [1.165, 1.54) is 6.33 Å². The van der Waals surface area contributed by atoms with Gasteiger partial charge in [0.1, 0.15) is 18.4 Å². The normalized spacial score (nSPS) is 11.7. The molecular formula is C20H23N5O2. The lowest BCUT2D eigenvalue weighted by Gasteiger charge is -2.26. The van der Waals surface area contributed by atoms with Gasteiger partial charge in [0.2, 0.25) is 0 Å². The van der Waals surface area contributed by atoms with E-state index in [1.807, 2.05) is 55.5 Å². The summed E-state index contributed by atoms with van der Waals surface area (Å²) in [6.07, 6.45) is 3.15. The van der Waals surface area contributed by atoms with E-state index < -0.39 is 0 Å². The molecule has 0 spiro atoms. The molecule has 0 saturated carbocycles. The van der Waals surface area contributed by atoms with E-state index in [-0.39, 0.29) is 12.1 Å². The van der Waals surface area contributed by atoms with Gasteiger partial charge in [-0.25, -0.2) is 14.5 Å². The molecule has 3 aromatic rings. The molecular weight excluding hydrogens is 342 g/mol. The largest absolute Gasteiger partial charge is 0.496 e. The first-order valence-corrected chi connectivity index (χ1v) is 8.67. The topological polar surface area (TPSA) is 72.3 Å². The highest BCUT2D eigenvalue weighted by molar-refractivity contribution is 5.74. The molecule has 1 unspecified atom stereocenters. The van der Waals surface area contributed by atoms with Gasteiger partial charge in [0.25, 0.3) is 0 Å². The Kier molecular flexibility index (Phi) is 5.71. The Morgan fingerprint density at radius 3 is 2.63 bits per heavy atom. The fourth-order valence-corrected chi connectivity index (χ4v) is 2.79. The van der Waals surface area contributed by atoms with Crippen molar-refractivity contribution in [2.24, 2.45) is 0 Å². The highest BCUT2D eigenvalue weighted by Crippen LogP contribution is 2.21. The molecule has 2 amide bonds. The van der Waals surface area contributed by atoms with Gasteiger partial charge in [-0.15, -0.1) is 0 Å². The van der Waals surface area contributed by atoms with Crippen molar-refractivity contribution in [3.8, 4) is 11.4 Å². The Hall–Kier alpha value is -3.35. The number of para-hydroxylation sites is 1. The third-order valence-electron chi connectivity index (χ3n) is 4.58. The number of nitrogens with zero attached hydrogens (tertiary/aromatic N) is 4. The fourth-order valence-electron chi connectivity index (χ4n) is 2.79. The Bertz CT molecular complexity index is 878. The number of nitrogens with one attached hydrogen (secondary N) is 1. The Labute approximate surface area is 158 Å². The Morgan fingerprint density at radius 2 is 1.96 bits per heavy atom. The molecule has 3 rings (SSSR count). The zero-order valence-electron chi connectivity index (χ0n) is 15.7. The number of amides is 2. The summed E-state index contributed by atoms with van der Waals surface area (Å²) in [5, 5.41) is 7.05. The molecule has 0 saturated heterocycles. The third-order valence-corrected chi connectivity index (χ3v) is 4.58. The first-order chi connectivity index (χ1) is 13.1. The van der Waals surface area contributed by atoms with Crippen molar-refractivity contribution in [2.75, 3.05) is 14.2 Å². The average Bonchev–Trinajstić information content (AvgIpc) is 3.26. The second-order valence-corrected chi connectivity index (χ2v) is 6.19. The average molecular weight is 365 g/mol. The summed E-state index contributed by atoms with van der Waals surface area (Å²) in [4.78, 5) is 18.2. The van der Waals surface area contributed by atoms with Gasteiger partial charge in [-0.05, 0) is 30.7 Å². The van der Waals surface area contributed by atoms with Crippen LogP contribution in [0.15, 0.2) is 61.2 Å². The van der Waals surface area contributed by atoms with Crippen LogP contribution in [0.1, 0.15) is 24.1 Å². The quantitative estimate of drug-likeness (QED) is 0.728. The summed E-state index contributed by atoms with van der Waals surface area (Å²) in [5.41, 5.74) is 2.90. The molecule has 7 nitrogen and oxygen atoms in total. The number of rotatable bonds is 6. The molecule has 0 aliphatic heterocycles. The summed E-state index contributed by atoms with van der Waals surface area (Å²) in [5.74, 6) is 0.761. The van der Waals surface area contributed by atoms with Crippen LogP contribution >= 0.6 is 0 Å². The SMILES string of the molecule is COc1ccccc1CNC(=O)N(C)C(C)c1ccc(-n2cncn2)cc1. The maximum atomic E-state index is 12.5. The van der Waals surface area contributed by atoms with Gasteiger partial charge in [-0.3, -0.25) is 0 Å². The van der Waals surface area contributed by atoms with Crippen LogP contribution in [0.2, 0.25) is 0 Å². The number of carbonyl (C=O) groups excluding carboxylic acids is 1. The number of aromatic nitrogens is 3. The molecule has 1 N–H and O–H groups in total. The van der Waals surface area contributed by atoms with Gasteiger partial charge >= 0.3 is 6.03 Å². The predicted octanol–water partition coefficient (Wildman–Crippen LogP) is 3.18. The van der Waals surface area contributed by atoms with Crippen LogP contribution in [0.25, 0.3) is 5.69 Å². The third kappa shape index (κ3) is 4.25. The highest BCUT2D eigenvalue weighted by Gasteiger charge is 2.17. The fraction of sp³-hybridized carbons (Fsp3) is 0.250. The van der Waals surface area contributed by atoms with E-state index in [0.29, 0.717) is 6.54 Å². The minimum Gasteiger partial charge on any atom is -0.496 e. The van der Waals surface area contributed by atoms with Crippen LogP contribution in [-0.4, -0.2) is 39.9 Å². The lowest BCUT2D eigenvalue weighted by Crippen LogP contribution is -2.38. The monoisotopic (exact) mass is 365 g/mol. The van der Waals surface area contributed by atoms with Crippen molar-refractivity contribution in [3.63, 3.8) is 0 Å². The van der Waals surface area contributed by atoms with Crippen molar-refractivity contribution in [3.05, 3.63) is 72.3 Å². The van der Waals surface area contributed by atoms with Crippen LogP contribution in [0.5, 0.6) is 5.75 Å². The van der Waals surface area contributed by atoms with Crippen molar-refractivity contribution < 1.29 is 9.53 Å². The summed E-state index contributed by atoms with van der Waals surface area (Å²) in [6.45, 7) is 2.40. The molecule has 0 aliphatic carbocycles. The van der Waals surface area contributed by atoms with Gasteiger partial charge in [0.05, 0.1) is 18.8 Å². The van der Waals surface area contributed by atoms with Crippen molar-refractivity contribution in [1.82, 2.24) is 25.0 Å². The highest BCUT2D eigenvalue weighted by atomic mass is 16.5. The van der Waals surface area contributed by atoms with E-state index in [9.17, 15) is 4.79 Å². The van der Waals surface area contributed by atoms with Gasteiger partial charge in [0.15, 0.2) is 0 Å². The number of hydrogen-bond acceptors (Lipinski definition) is 4. The molecule has 7 heteroatoms. The molecule has 140 valence electrons. The maximum absolute atomic E-state index is 12.5. The van der Waals surface area contributed by atoms with Crippen LogP contribution in [0.3, 0.4) is 0 Å². The van der Waals surface area contributed by atoms with Crippen molar-refractivity contribution in [2.45, 2.75) is 19.5 Å². The molecule has 0 aliphatic rings. The van der Waals surface area contributed by atoms with Gasteiger partial charge in [-0.2, -0.15) is 5.10 Å². The van der Waals surface area contributed by atoms with E-state index in [2.05, 4.69) is 15.4 Å². The van der Waals surface area contributed by atoms with Gasteiger partial charge in [0, 0.05) is 19.2 Å². The van der Waals surface area contributed by atoms with E-state index >= 15 is 0 Å². The Morgan fingerprint density at radius 1 is 1.22 bits per heavy atom. The molecule has 1 aromatic heterocycles. The van der Waals surface area contributed by atoms with E-state index in [0.717, 1.165) is 22.6 Å². The molecule has 2 aromatic carbocycles. The minimum absolute atomic E-state index is 0.0764. The van der Waals surface area contributed by atoms with Crippen LogP contribution in [0.4, 0.5) is 4.79 Å². The zero-order chi connectivity index (χ0) is 19.2. The van der Waals surface area contributed by atoms with E-state index in [4.69, 9.17) is 4.74 Å². The van der Waals surface area contributed by atoms with Crippen LogP contribution < -0.4 is 10.1 Å². The molecule has 0 fully saturated rings. The first-order valence-electron chi connectivity index (χ1n) is 8.67. The summed E-state index contributed by atoms with van der Waals surface area (Å²) < 4.78 is 7.01. The molecule has 0 radical (unpaired) electrons. The van der Waals surface area contributed by atoms with E-state index in [1.54, 1.807) is 30.1 Å². The summed E-state index contributed by atoms with van der Waals surface area (Å²) >= 11 is 0. The number of benzene rings is 2. The van der Waals surface area contributed by atoms with Crippen molar-refractivity contribution in [1.29, 1.82) is 0 Å². The molecule has 1 heterocycles. The lowest BCUT2D eigenvalue weighted by atomic mass is 10.1. The lowest BCUT2D eigenvalue weighted by molar-refractivity contribution is 0.194. The number of carbonyl (C=O) groups is 1. The molecule has 27 heavy (non-hydrogen) atoms.